The molecular formula is C19H17F2N5O3. The van der Waals surface area contributed by atoms with Crippen molar-refractivity contribution < 1.29 is 18.3 Å². The minimum absolute atomic E-state index is 0.150. The van der Waals surface area contributed by atoms with E-state index in [1.54, 1.807) is 0 Å². The van der Waals surface area contributed by atoms with Crippen LogP contribution in [0.2, 0.25) is 0 Å². The van der Waals surface area contributed by atoms with Gasteiger partial charge in [-0.15, -0.1) is 0 Å². The molecule has 1 aliphatic rings. The Morgan fingerprint density at radius 3 is 2.59 bits per heavy atom. The second kappa shape index (κ2) is 7.84. The lowest BCUT2D eigenvalue weighted by Gasteiger charge is -2.06. The first-order valence-electron chi connectivity index (χ1n) is 8.78. The second-order valence-corrected chi connectivity index (χ2v) is 6.41. The van der Waals surface area contributed by atoms with Crippen molar-refractivity contribution in [1.29, 1.82) is 0 Å². The number of nitrogens with zero attached hydrogens (tertiary/aromatic N) is 4. The highest BCUT2D eigenvalue weighted by molar-refractivity contribution is 5.68. The largest absolute Gasteiger partial charge is 0.454 e. The van der Waals surface area contributed by atoms with Crippen LogP contribution in [0, 0.1) is 0 Å². The van der Waals surface area contributed by atoms with Crippen LogP contribution in [0.5, 0.6) is 11.5 Å². The summed E-state index contributed by atoms with van der Waals surface area (Å²) in [4.78, 5) is 12.4. The summed E-state index contributed by atoms with van der Waals surface area (Å²) in [5, 5.41) is 7.45. The van der Waals surface area contributed by atoms with E-state index in [1.165, 1.54) is 0 Å². The van der Waals surface area contributed by atoms with Gasteiger partial charge in [-0.25, -0.2) is 4.79 Å². The first kappa shape index (κ1) is 18.8. The highest BCUT2D eigenvalue weighted by atomic mass is 19.3. The third-order valence-corrected chi connectivity index (χ3v) is 4.52. The molecule has 2 aromatic carbocycles. The van der Waals surface area contributed by atoms with E-state index in [0.29, 0.717) is 11.5 Å². The van der Waals surface area contributed by atoms with E-state index in [1.807, 2.05) is 42.5 Å². The van der Waals surface area contributed by atoms with Gasteiger partial charge in [0.05, 0.1) is 13.1 Å². The summed E-state index contributed by atoms with van der Waals surface area (Å²) in [6.45, 7) is -0.407. The third-order valence-electron chi connectivity index (χ3n) is 4.52. The molecule has 0 spiro atoms. The molecule has 10 heteroatoms. The summed E-state index contributed by atoms with van der Waals surface area (Å²) in [7, 11) is 0. The summed E-state index contributed by atoms with van der Waals surface area (Å²) < 4.78 is 38.3. The molecule has 0 aliphatic carbocycles. The van der Waals surface area contributed by atoms with Crippen molar-refractivity contribution in [3.8, 4) is 22.6 Å². The molecular weight excluding hydrogens is 384 g/mol. The molecule has 0 fully saturated rings. The molecule has 2 heterocycles. The predicted octanol–water partition coefficient (Wildman–Crippen LogP) is 1.99. The number of hydrogen-bond donors (Lipinski definition) is 1. The van der Waals surface area contributed by atoms with Crippen molar-refractivity contribution in [2.24, 2.45) is 5.73 Å². The Kier molecular flexibility index (Phi) is 5.09. The van der Waals surface area contributed by atoms with E-state index >= 15 is 0 Å². The zero-order valence-corrected chi connectivity index (χ0v) is 15.2. The standard InChI is InChI=1S/C19H17F2N5O3/c20-18(21)15(8-22)10-26-19(27)25(23-24-26)9-12-2-1-3-13(6-12)14-4-5-16-17(7-14)29-11-28-16/h1-7H,8-11,22H2. The fourth-order valence-corrected chi connectivity index (χ4v) is 2.99. The van der Waals surface area contributed by atoms with Crippen LogP contribution >= 0.6 is 0 Å². The number of aromatic nitrogens is 4. The molecule has 8 nitrogen and oxygen atoms in total. The van der Waals surface area contributed by atoms with Crippen LogP contribution in [-0.2, 0) is 13.1 Å². The maximum atomic E-state index is 12.8. The van der Waals surface area contributed by atoms with Crippen LogP contribution in [0.25, 0.3) is 11.1 Å². The van der Waals surface area contributed by atoms with Crippen molar-refractivity contribution in [3.63, 3.8) is 0 Å². The molecule has 0 saturated carbocycles. The van der Waals surface area contributed by atoms with Gasteiger partial charge in [0.1, 0.15) is 0 Å². The Morgan fingerprint density at radius 1 is 1.03 bits per heavy atom. The fourth-order valence-electron chi connectivity index (χ4n) is 2.99. The molecule has 4 rings (SSSR count). The minimum Gasteiger partial charge on any atom is -0.454 e. The van der Waals surface area contributed by atoms with E-state index in [9.17, 15) is 13.6 Å². The Hall–Kier alpha value is -3.53. The van der Waals surface area contributed by atoms with Crippen LogP contribution in [0.4, 0.5) is 8.78 Å². The van der Waals surface area contributed by atoms with Crippen molar-refractivity contribution in [3.05, 3.63) is 70.2 Å². The Morgan fingerprint density at radius 2 is 1.79 bits per heavy atom. The molecule has 0 amide bonds. The normalized spacial score (nSPS) is 12.2. The molecule has 0 unspecified atom stereocenters. The number of ether oxygens (including phenoxy) is 2. The van der Waals surface area contributed by atoms with E-state index in [2.05, 4.69) is 10.4 Å². The first-order chi connectivity index (χ1) is 14.0. The smallest absolute Gasteiger partial charge is 0.364 e. The van der Waals surface area contributed by atoms with Gasteiger partial charge in [0.2, 0.25) is 6.79 Å². The monoisotopic (exact) mass is 401 g/mol. The van der Waals surface area contributed by atoms with Crippen LogP contribution in [0.1, 0.15) is 5.56 Å². The number of halogens is 2. The minimum atomic E-state index is -1.91. The van der Waals surface area contributed by atoms with Crippen molar-refractivity contribution in [1.82, 2.24) is 19.8 Å². The zero-order chi connectivity index (χ0) is 20.4. The molecule has 29 heavy (non-hydrogen) atoms. The topological polar surface area (TPSA) is 97.2 Å². The molecule has 0 saturated heterocycles. The van der Waals surface area contributed by atoms with Crippen molar-refractivity contribution >= 4 is 0 Å². The van der Waals surface area contributed by atoms with Gasteiger partial charge < -0.3 is 15.2 Å². The summed E-state index contributed by atoms with van der Waals surface area (Å²) in [5.41, 5.74) is 7.00. The molecule has 150 valence electrons. The van der Waals surface area contributed by atoms with Gasteiger partial charge in [0.25, 0.3) is 6.08 Å². The van der Waals surface area contributed by atoms with Crippen molar-refractivity contribution in [2.45, 2.75) is 13.1 Å². The molecule has 3 aromatic rings. The number of hydrogen-bond acceptors (Lipinski definition) is 6. The zero-order valence-electron chi connectivity index (χ0n) is 15.2. The average Bonchev–Trinajstić information content (AvgIpc) is 3.33. The quantitative estimate of drug-likeness (QED) is 0.679. The summed E-state index contributed by atoms with van der Waals surface area (Å²) in [5.74, 6) is 1.37. The molecule has 1 aromatic heterocycles. The van der Waals surface area contributed by atoms with E-state index in [4.69, 9.17) is 15.2 Å². The van der Waals surface area contributed by atoms with Crippen LogP contribution in [-0.4, -0.2) is 33.1 Å². The van der Waals surface area contributed by atoms with Crippen molar-refractivity contribution in [2.75, 3.05) is 13.3 Å². The third kappa shape index (κ3) is 3.87. The van der Waals surface area contributed by atoms with E-state index in [-0.39, 0.29) is 25.5 Å². The summed E-state index contributed by atoms with van der Waals surface area (Å²) in [6.07, 6.45) is -1.91. The van der Waals surface area contributed by atoms with Gasteiger partial charge in [-0.1, -0.05) is 24.3 Å². The van der Waals surface area contributed by atoms with Gasteiger partial charge in [0.15, 0.2) is 11.5 Å². The number of fused-ring (bicyclic) bond motifs is 1. The fraction of sp³-hybridized carbons (Fsp3) is 0.211. The SMILES string of the molecule is NCC(Cn1nnn(Cc2cccc(-c3ccc4c(c3)OCO4)c2)c1=O)=C(F)F. The molecule has 0 bridgehead atoms. The van der Waals surface area contributed by atoms with Crippen LogP contribution in [0.15, 0.2) is 58.9 Å². The second-order valence-electron chi connectivity index (χ2n) is 6.41. The average molecular weight is 401 g/mol. The van der Waals surface area contributed by atoms with E-state index in [0.717, 1.165) is 26.1 Å². The molecule has 0 radical (unpaired) electrons. The van der Waals surface area contributed by atoms with Crippen LogP contribution in [0.3, 0.4) is 0 Å². The molecule has 2 N–H and O–H groups in total. The Bertz CT molecular complexity index is 1130. The highest BCUT2D eigenvalue weighted by Gasteiger charge is 2.15. The maximum absolute atomic E-state index is 12.8. The lowest BCUT2D eigenvalue weighted by atomic mass is 10.0. The Labute approximate surface area is 163 Å². The van der Waals surface area contributed by atoms with Gasteiger partial charge in [-0.2, -0.15) is 18.1 Å². The van der Waals surface area contributed by atoms with E-state index < -0.39 is 18.3 Å². The number of nitrogens with two attached hydrogens (primary N) is 1. The number of benzene rings is 2. The summed E-state index contributed by atoms with van der Waals surface area (Å²) >= 11 is 0. The number of rotatable bonds is 6. The summed E-state index contributed by atoms with van der Waals surface area (Å²) in [6, 6.07) is 13.2. The highest BCUT2D eigenvalue weighted by Crippen LogP contribution is 2.36. The molecule has 0 atom stereocenters. The van der Waals surface area contributed by atoms with Gasteiger partial charge >= 0.3 is 5.69 Å². The van der Waals surface area contributed by atoms with Crippen LogP contribution < -0.4 is 20.9 Å². The van der Waals surface area contributed by atoms with Gasteiger partial charge in [0, 0.05) is 12.1 Å². The van der Waals surface area contributed by atoms with Gasteiger partial charge in [-0.3, -0.25) is 0 Å². The predicted molar refractivity (Wildman–Crippen MR) is 99.7 cm³/mol. The lowest BCUT2D eigenvalue weighted by Crippen LogP contribution is -2.27. The Balaban J connectivity index is 1.56. The lowest BCUT2D eigenvalue weighted by molar-refractivity contribution is 0.174. The number of tetrazole rings is 1. The van der Waals surface area contributed by atoms with Gasteiger partial charge in [-0.05, 0) is 45.3 Å². The molecule has 1 aliphatic heterocycles. The maximum Gasteiger partial charge on any atom is 0.364 e. The first-order valence-corrected chi connectivity index (χ1v) is 8.78.